The van der Waals surface area contributed by atoms with Gasteiger partial charge in [0.1, 0.15) is 0 Å². The molecular formula is C16H13F2N5O2. The van der Waals surface area contributed by atoms with E-state index in [1.54, 1.807) is 6.07 Å². The first-order valence-corrected chi connectivity index (χ1v) is 7.66. The van der Waals surface area contributed by atoms with Gasteiger partial charge in [-0.2, -0.15) is 18.9 Å². The number of rotatable bonds is 4. The molecule has 0 spiro atoms. The number of carbonyl (C=O) groups excluding carboxylic acids is 1. The van der Waals surface area contributed by atoms with Crippen molar-refractivity contribution in [2.45, 2.75) is 25.3 Å². The molecule has 9 heteroatoms. The van der Waals surface area contributed by atoms with Crippen LogP contribution in [0.3, 0.4) is 0 Å². The van der Waals surface area contributed by atoms with Crippen molar-refractivity contribution in [2.24, 2.45) is 0 Å². The van der Waals surface area contributed by atoms with E-state index >= 15 is 0 Å². The fraction of sp³-hybridized carbons (Fsp3) is 0.250. The van der Waals surface area contributed by atoms with Crippen LogP contribution in [-0.4, -0.2) is 26.2 Å². The third-order valence-electron chi connectivity index (χ3n) is 4.17. The SMILES string of the molecule is O=C(NC1CCc2cc(-c3noc(C(F)F)n3)ccc21)c1cn[nH]c1. The molecule has 2 heterocycles. The van der Waals surface area contributed by atoms with Crippen molar-refractivity contribution in [2.75, 3.05) is 0 Å². The number of H-pyrrole nitrogens is 1. The molecule has 1 aliphatic rings. The number of carbonyl (C=O) groups is 1. The lowest BCUT2D eigenvalue weighted by molar-refractivity contribution is 0.0936. The minimum absolute atomic E-state index is 0.103. The molecule has 25 heavy (non-hydrogen) atoms. The van der Waals surface area contributed by atoms with Gasteiger partial charge < -0.3 is 9.84 Å². The molecule has 3 aromatic rings. The van der Waals surface area contributed by atoms with Gasteiger partial charge in [0, 0.05) is 11.8 Å². The summed E-state index contributed by atoms with van der Waals surface area (Å²) in [5.74, 6) is -0.764. The number of hydrogen-bond acceptors (Lipinski definition) is 5. The number of hydrogen-bond donors (Lipinski definition) is 2. The van der Waals surface area contributed by atoms with Crippen LogP contribution in [0, 0.1) is 0 Å². The van der Waals surface area contributed by atoms with E-state index in [9.17, 15) is 13.6 Å². The van der Waals surface area contributed by atoms with Crippen LogP contribution < -0.4 is 5.32 Å². The Balaban J connectivity index is 1.54. The number of alkyl halides is 2. The van der Waals surface area contributed by atoms with E-state index in [0.29, 0.717) is 11.1 Å². The van der Waals surface area contributed by atoms with E-state index < -0.39 is 12.3 Å². The summed E-state index contributed by atoms with van der Waals surface area (Å²) in [6, 6.07) is 5.34. The Kier molecular flexibility index (Phi) is 3.75. The number of nitrogens with zero attached hydrogens (tertiary/aromatic N) is 3. The topological polar surface area (TPSA) is 96.7 Å². The smallest absolute Gasteiger partial charge is 0.315 e. The molecule has 0 radical (unpaired) electrons. The highest BCUT2D eigenvalue weighted by Crippen LogP contribution is 2.34. The summed E-state index contributed by atoms with van der Waals surface area (Å²) in [4.78, 5) is 15.9. The molecule has 1 atom stereocenters. The van der Waals surface area contributed by atoms with Gasteiger partial charge in [0.05, 0.1) is 17.8 Å². The predicted molar refractivity (Wildman–Crippen MR) is 81.8 cm³/mol. The van der Waals surface area contributed by atoms with Crippen molar-refractivity contribution >= 4 is 5.91 Å². The molecule has 0 aliphatic heterocycles. The Morgan fingerprint density at radius 2 is 2.28 bits per heavy atom. The fourth-order valence-corrected chi connectivity index (χ4v) is 2.96. The number of fused-ring (bicyclic) bond motifs is 1. The van der Waals surface area contributed by atoms with Gasteiger partial charge in [-0.05, 0) is 30.0 Å². The zero-order chi connectivity index (χ0) is 17.4. The Morgan fingerprint density at radius 3 is 3.00 bits per heavy atom. The first-order valence-electron chi connectivity index (χ1n) is 7.66. The molecule has 0 saturated carbocycles. The van der Waals surface area contributed by atoms with E-state index in [0.717, 1.165) is 24.0 Å². The van der Waals surface area contributed by atoms with Crippen LogP contribution >= 0.6 is 0 Å². The highest BCUT2D eigenvalue weighted by molar-refractivity contribution is 5.94. The Morgan fingerprint density at radius 1 is 1.40 bits per heavy atom. The molecule has 1 amide bonds. The van der Waals surface area contributed by atoms with E-state index in [-0.39, 0.29) is 17.8 Å². The molecule has 7 nitrogen and oxygen atoms in total. The normalized spacial score (nSPS) is 16.2. The molecule has 2 N–H and O–H groups in total. The van der Waals surface area contributed by atoms with Crippen molar-refractivity contribution in [3.05, 3.63) is 53.2 Å². The standard InChI is InChI=1S/C16H13F2N5O2/c17-13(18)16-22-14(23-25-16)9-1-3-11-8(5-9)2-4-12(11)21-15(24)10-6-19-20-7-10/h1,3,5-7,12-13H,2,4H2,(H,19,20)(H,21,24). The van der Waals surface area contributed by atoms with Crippen molar-refractivity contribution < 1.29 is 18.1 Å². The summed E-state index contributed by atoms with van der Waals surface area (Å²) in [5.41, 5.74) is 3.10. The van der Waals surface area contributed by atoms with Gasteiger partial charge in [0.15, 0.2) is 0 Å². The molecule has 1 unspecified atom stereocenters. The van der Waals surface area contributed by atoms with E-state index in [4.69, 9.17) is 0 Å². The van der Waals surface area contributed by atoms with Gasteiger partial charge >= 0.3 is 6.43 Å². The molecule has 0 bridgehead atoms. The molecule has 1 aliphatic carbocycles. The van der Waals surface area contributed by atoms with Crippen LogP contribution in [0.5, 0.6) is 0 Å². The van der Waals surface area contributed by atoms with Crippen LogP contribution in [0.2, 0.25) is 0 Å². The maximum Gasteiger partial charge on any atom is 0.315 e. The van der Waals surface area contributed by atoms with Crippen molar-refractivity contribution in [3.8, 4) is 11.4 Å². The molecule has 1 aromatic carbocycles. The Bertz CT molecular complexity index is 907. The second kappa shape index (κ2) is 6.08. The second-order valence-electron chi connectivity index (χ2n) is 5.72. The average molecular weight is 345 g/mol. The van der Waals surface area contributed by atoms with Gasteiger partial charge in [-0.25, -0.2) is 0 Å². The number of aromatic nitrogens is 4. The van der Waals surface area contributed by atoms with Crippen molar-refractivity contribution in [1.82, 2.24) is 25.7 Å². The molecule has 2 aromatic heterocycles. The number of aryl methyl sites for hydroxylation is 1. The molecule has 128 valence electrons. The Hall–Kier alpha value is -3.10. The van der Waals surface area contributed by atoms with Gasteiger partial charge in [-0.15, -0.1) is 0 Å². The summed E-state index contributed by atoms with van der Waals surface area (Å²) in [6.45, 7) is 0. The molecule has 4 rings (SSSR count). The summed E-state index contributed by atoms with van der Waals surface area (Å²) in [6.07, 6.45) is 1.73. The van der Waals surface area contributed by atoms with E-state index in [1.807, 2.05) is 12.1 Å². The van der Waals surface area contributed by atoms with E-state index in [1.165, 1.54) is 12.4 Å². The van der Waals surface area contributed by atoms with Crippen molar-refractivity contribution in [3.63, 3.8) is 0 Å². The van der Waals surface area contributed by atoms with Gasteiger partial charge in [0.25, 0.3) is 11.8 Å². The number of nitrogens with one attached hydrogen (secondary N) is 2. The minimum atomic E-state index is -2.79. The van der Waals surface area contributed by atoms with Crippen LogP contribution in [0.25, 0.3) is 11.4 Å². The Labute approximate surface area is 140 Å². The number of aromatic amines is 1. The molecule has 0 fully saturated rings. The second-order valence-corrected chi connectivity index (χ2v) is 5.72. The number of halogens is 2. The van der Waals surface area contributed by atoms with Crippen LogP contribution in [0.4, 0.5) is 8.78 Å². The summed E-state index contributed by atoms with van der Waals surface area (Å²) in [5, 5.41) is 12.9. The maximum absolute atomic E-state index is 12.6. The fourth-order valence-electron chi connectivity index (χ4n) is 2.96. The quantitative estimate of drug-likeness (QED) is 0.758. The third-order valence-corrected chi connectivity index (χ3v) is 4.17. The van der Waals surface area contributed by atoms with E-state index in [2.05, 4.69) is 30.2 Å². The summed E-state index contributed by atoms with van der Waals surface area (Å²) >= 11 is 0. The summed E-state index contributed by atoms with van der Waals surface area (Å²) in [7, 11) is 0. The van der Waals surface area contributed by atoms with Gasteiger partial charge in [0.2, 0.25) is 5.82 Å². The summed E-state index contributed by atoms with van der Waals surface area (Å²) < 4.78 is 29.7. The number of benzene rings is 1. The lowest BCUT2D eigenvalue weighted by atomic mass is 10.0. The highest BCUT2D eigenvalue weighted by atomic mass is 19.3. The van der Waals surface area contributed by atoms with Crippen LogP contribution in [0.1, 0.15) is 46.3 Å². The van der Waals surface area contributed by atoms with Crippen LogP contribution in [-0.2, 0) is 6.42 Å². The molecular weight excluding hydrogens is 332 g/mol. The van der Waals surface area contributed by atoms with Gasteiger partial charge in [-0.1, -0.05) is 17.3 Å². The monoisotopic (exact) mass is 345 g/mol. The lowest BCUT2D eigenvalue weighted by Gasteiger charge is -2.13. The molecule has 0 saturated heterocycles. The average Bonchev–Trinajstić information content (AvgIpc) is 3.35. The van der Waals surface area contributed by atoms with Crippen molar-refractivity contribution in [1.29, 1.82) is 0 Å². The lowest BCUT2D eigenvalue weighted by Crippen LogP contribution is -2.26. The highest BCUT2D eigenvalue weighted by Gasteiger charge is 2.26. The zero-order valence-electron chi connectivity index (χ0n) is 12.9. The predicted octanol–water partition coefficient (Wildman–Crippen LogP) is 2.81. The third kappa shape index (κ3) is 2.88. The minimum Gasteiger partial charge on any atom is -0.345 e. The van der Waals surface area contributed by atoms with Crippen LogP contribution in [0.15, 0.2) is 35.1 Å². The maximum atomic E-state index is 12.6. The first kappa shape index (κ1) is 15.4. The first-order chi connectivity index (χ1) is 12.1. The zero-order valence-corrected chi connectivity index (χ0v) is 12.9. The number of amides is 1. The van der Waals surface area contributed by atoms with Gasteiger partial charge in [-0.3, -0.25) is 9.89 Å². The largest absolute Gasteiger partial charge is 0.345 e.